The summed E-state index contributed by atoms with van der Waals surface area (Å²) in [5.41, 5.74) is 11.9. The fraction of sp³-hybridized carbons (Fsp3) is 0. The first-order valence-corrected chi connectivity index (χ1v) is 15.7. The average Bonchev–Trinajstić information content (AvgIpc) is 3.72. The van der Waals surface area contributed by atoms with Gasteiger partial charge in [0.2, 0.25) is 0 Å². The van der Waals surface area contributed by atoms with E-state index in [-0.39, 0.29) is 0 Å². The zero-order chi connectivity index (χ0) is 32.2. The quantitative estimate of drug-likeness (QED) is 0.198. The van der Waals surface area contributed by atoms with Crippen LogP contribution in [0.2, 0.25) is 0 Å². The summed E-state index contributed by atoms with van der Waals surface area (Å²) in [7, 11) is 0. The van der Waals surface area contributed by atoms with Crippen LogP contribution in [0, 0.1) is 22.7 Å². The lowest BCUT2D eigenvalue weighted by molar-refractivity contribution is 0.668. The average molecular weight is 613 g/mol. The maximum Gasteiger partial charge on any atom is 0.143 e. The van der Waals surface area contributed by atoms with E-state index in [0.29, 0.717) is 11.1 Å². The summed E-state index contributed by atoms with van der Waals surface area (Å²) in [6.45, 7) is 0. The largest absolute Gasteiger partial charge is 0.456 e. The molecule has 0 N–H and O–H groups in total. The lowest BCUT2D eigenvalue weighted by Crippen LogP contribution is -1.93. The van der Waals surface area contributed by atoms with Gasteiger partial charge in [-0.1, -0.05) is 103 Å². The predicted octanol–water partition coefficient (Wildman–Crippen LogP) is 11.9. The van der Waals surface area contributed by atoms with Crippen LogP contribution >= 0.6 is 0 Å². The van der Waals surface area contributed by atoms with Crippen LogP contribution in [0.1, 0.15) is 11.1 Å². The van der Waals surface area contributed by atoms with E-state index in [9.17, 15) is 10.5 Å². The highest BCUT2D eigenvalue weighted by Gasteiger charge is 2.20. The van der Waals surface area contributed by atoms with E-state index < -0.39 is 0 Å². The Morgan fingerprint density at radius 1 is 0.375 bits per heavy atom. The molecular formula is C44H24N2O2. The molecule has 0 saturated carbocycles. The molecule has 0 saturated heterocycles. The highest BCUT2D eigenvalue weighted by molar-refractivity contribution is 6.14. The van der Waals surface area contributed by atoms with E-state index in [1.807, 2.05) is 78.9 Å². The number of rotatable bonds is 4. The number of para-hydroxylation sites is 2. The summed E-state index contributed by atoms with van der Waals surface area (Å²) in [5, 5.41) is 23.8. The van der Waals surface area contributed by atoms with Gasteiger partial charge < -0.3 is 8.83 Å². The zero-order valence-corrected chi connectivity index (χ0v) is 25.6. The first-order valence-electron chi connectivity index (χ1n) is 15.7. The lowest BCUT2D eigenvalue weighted by atomic mass is 9.88. The van der Waals surface area contributed by atoms with Crippen molar-refractivity contribution in [3.05, 3.63) is 157 Å². The molecule has 7 aromatic carbocycles. The Morgan fingerprint density at radius 2 is 0.938 bits per heavy atom. The maximum atomic E-state index is 10.4. The minimum Gasteiger partial charge on any atom is -0.456 e. The summed E-state index contributed by atoms with van der Waals surface area (Å²) >= 11 is 0. The Balaban J connectivity index is 1.27. The summed E-state index contributed by atoms with van der Waals surface area (Å²) in [6.07, 6.45) is 0. The van der Waals surface area contributed by atoms with Crippen LogP contribution in [-0.2, 0) is 0 Å². The van der Waals surface area contributed by atoms with E-state index in [2.05, 4.69) is 72.8 Å². The van der Waals surface area contributed by atoms with Crippen LogP contribution in [-0.4, -0.2) is 0 Å². The molecule has 222 valence electrons. The molecule has 9 aromatic rings. The van der Waals surface area contributed by atoms with Crippen LogP contribution < -0.4 is 0 Å². The molecule has 0 fully saturated rings. The normalized spacial score (nSPS) is 11.3. The molecule has 0 aliphatic rings. The van der Waals surface area contributed by atoms with Crippen LogP contribution in [0.4, 0.5) is 0 Å². The van der Waals surface area contributed by atoms with Crippen LogP contribution in [0.25, 0.3) is 88.4 Å². The van der Waals surface area contributed by atoms with Gasteiger partial charge in [0.05, 0.1) is 17.2 Å². The van der Waals surface area contributed by atoms with Crippen molar-refractivity contribution in [3.8, 4) is 56.6 Å². The summed E-state index contributed by atoms with van der Waals surface area (Å²) in [6, 6.07) is 53.3. The van der Waals surface area contributed by atoms with Crippen molar-refractivity contribution in [3.63, 3.8) is 0 Å². The second-order valence-electron chi connectivity index (χ2n) is 11.9. The first-order chi connectivity index (χ1) is 23.7. The van der Waals surface area contributed by atoms with E-state index in [4.69, 9.17) is 8.83 Å². The van der Waals surface area contributed by atoms with Crippen molar-refractivity contribution < 1.29 is 8.83 Å². The number of nitriles is 2. The molecule has 0 bridgehead atoms. The van der Waals surface area contributed by atoms with Crippen LogP contribution in [0.5, 0.6) is 0 Å². The third-order valence-electron chi connectivity index (χ3n) is 9.16. The lowest BCUT2D eigenvalue weighted by Gasteiger charge is -2.14. The van der Waals surface area contributed by atoms with Crippen molar-refractivity contribution >= 4 is 43.9 Å². The summed E-state index contributed by atoms with van der Waals surface area (Å²) in [5.74, 6) is 0. The molecule has 2 heterocycles. The van der Waals surface area contributed by atoms with Crippen LogP contribution in [0.15, 0.2) is 154 Å². The minimum absolute atomic E-state index is 0.594. The Morgan fingerprint density at radius 3 is 1.52 bits per heavy atom. The van der Waals surface area contributed by atoms with E-state index in [0.717, 1.165) is 88.4 Å². The van der Waals surface area contributed by atoms with Gasteiger partial charge in [-0.2, -0.15) is 10.5 Å². The molecule has 48 heavy (non-hydrogen) atoms. The van der Waals surface area contributed by atoms with Crippen molar-refractivity contribution in [1.29, 1.82) is 10.5 Å². The van der Waals surface area contributed by atoms with Crippen molar-refractivity contribution in [2.24, 2.45) is 0 Å². The molecule has 4 nitrogen and oxygen atoms in total. The maximum absolute atomic E-state index is 10.4. The number of fused-ring (bicyclic) bond motifs is 6. The molecule has 0 radical (unpaired) electrons. The van der Waals surface area contributed by atoms with Gasteiger partial charge in [-0.25, -0.2) is 0 Å². The topological polar surface area (TPSA) is 73.9 Å². The number of hydrogen-bond donors (Lipinski definition) is 0. The third-order valence-corrected chi connectivity index (χ3v) is 9.16. The molecule has 9 rings (SSSR count). The Kier molecular flexibility index (Phi) is 6.22. The van der Waals surface area contributed by atoms with Crippen molar-refractivity contribution in [2.45, 2.75) is 0 Å². The first kappa shape index (κ1) is 27.4. The molecule has 0 atom stereocenters. The number of hydrogen-bond acceptors (Lipinski definition) is 4. The second kappa shape index (κ2) is 10.9. The molecule has 4 heteroatoms. The van der Waals surface area contributed by atoms with Gasteiger partial charge in [0.25, 0.3) is 0 Å². The van der Waals surface area contributed by atoms with Crippen molar-refractivity contribution in [1.82, 2.24) is 0 Å². The van der Waals surface area contributed by atoms with Gasteiger partial charge in [-0.05, 0) is 64.7 Å². The zero-order valence-electron chi connectivity index (χ0n) is 25.6. The van der Waals surface area contributed by atoms with Crippen molar-refractivity contribution in [2.75, 3.05) is 0 Å². The van der Waals surface area contributed by atoms with E-state index in [1.165, 1.54) is 0 Å². The second-order valence-corrected chi connectivity index (χ2v) is 11.9. The fourth-order valence-electron chi connectivity index (χ4n) is 6.90. The molecular weight excluding hydrogens is 588 g/mol. The van der Waals surface area contributed by atoms with E-state index in [1.54, 1.807) is 6.07 Å². The van der Waals surface area contributed by atoms with Gasteiger partial charge >= 0.3 is 0 Å². The Labute approximate surface area is 275 Å². The standard InChI is InChI=1S/C44H24N2O2/c45-25-27-17-19-41-38(21-27)39-22-30(18-20-42(39)47-41)32-13-7-15-34-35-16-8-14-33(44(35)48-43(32)34)31-23-36(28-9-3-1-4-10-28)40(26-46)37(24-31)29-11-5-2-6-12-29/h1-24H. The number of nitrogens with zero attached hydrogens (tertiary/aromatic N) is 2. The van der Waals surface area contributed by atoms with Gasteiger partial charge in [0, 0.05) is 43.8 Å². The Hall–Kier alpha value is -6.88. The molecule has 0 aliphatic carbocycles. The van der Waals surface area contributed by atoms with Gasteiger partial charge in [0.15, 0.2) is 0 Å². The van der Waals surface area contributed by atoms with Gasteiger partial charge in [-0.3, -0.25) is 0 Å². The highest BCUT2D eigenvalue weighted by Crippen LogP contribution is 2.43. The van der Waals surface area contributed by atoms with E-state index >= 15 is 0 Å². The molecule has 0 amide bonds. The predicted molar refractivity (Wildman–Crippen MR) is 192 cm³/mol. The highest BCUT2D eigenvalue weighted by atomic mass is 16.3. The smallest absolute Gasteiger partial charge is 0.143 e. The number of benzene rings is 7. The van der Waals surface area contributed by atoms with Gasteiger partial charge in [-0.15, -0.1) is 0 Å². The fourth-order valence-corrected chi connectivity index (χ4v) is 6.90. The monoisotopic (exact) mass is 612 g/mol. The third kappa shape index (κ3) is 4.29. The Bertz CT molecular complexity index is 2730. The minimum atomic E-state index is 0.594. The summed E-state index contributed by atoms with van der Waals surface area (Å²) in [4.78, 5) is 0. The molecule has 2 aromatic heterocycles. The van der Waals surface area contributed by atoms with Gasteiger partial charge in [0.1, 0.15) is 28.4 Å². The summed E-state index contributed by atoms with van der Waals surface area (Å²) < 4.78 is 12.9. The number of furan rings is 2. The molecule has 0 unspecified atom stereocenters. The molecule has 0 spiro atoms. The SMILES string of the molecule is N#Cc1ccc2oc3ccc(-c4cccc5c4oc4c(-c6cc(-c7ccccc7)c(C#N)c(-c7ccccc7)c6)cccc45)cc3c2c1. The van der Waals surface area contributed by atoms with Crippen LogP contribution in [0.3, 0.4) is 0 Å². The molecule has 0 aliphatic heterocycles.